The van der Waals surface area contributed by atoms with Crippen molar-refractivity contribution in [2.75, 3.05) is 12.1 Å². The second-order valence-corrected chi connectivity index (χ2v) is 5.46. The third-order valence-corrected chi connectivity index (χ3v) is 2.43. The Kier molecular flexibility index (Phi) is 4.69. The summed E-state index contributed by atoms with van der Waals surface area (Å²) in [7, 11) is 3.53. The average Bonchev–Trinajstić information content (AvgIpc) is 2.69. The number of nitrogens with zero attached hydrogens (tertiary/aromatic N) is 3. The number of carbonyl (C=O) groups excluding carboxylic acids is 2. The van der Waals surface area contributed by atoms with Gasteiger partial charge in [0.05, 0.1) is 20.5 Å². The van der Waals surface area contributed by atoms with Crippen LogP contribution in [0.5, 0.6) is 0 Å². The van der Waals surface area contributed by atoms with E-state index in [2.05, 4.69) is 0 Å². The van der Waals surface area contributed by atoms with Gasteiger partial charge in [-0.3, -0.25) is 9.59 Å². The fraction of sp³-hybridized carbons (Fsp3) is 0.615. The molecule has 0 saturated heterocycles. The Hall–Kier alpha value is -1.85. The van der Waals surface area contributed by atoms with Gasteiger partial charge in [0.15, 0.2) is 6.20 Å². The lowest BCUT2D eigenvalue weighted by molar-refractivity contribution is -0.671. The number of hydrogen-bond donors (Lipinski definition) is 0. The first kappa shape index (κ1) is 15.2. The fourth-order valence-electron chi connectivity index (χ4n) is 1.51. The largest absolute Gasteiger partial charge is 0.460 e. The zero-order valence-electron chi connectivity index (χ0n) is 12.2. The maximum absolute atomic E-state index is 11.9. The number of carbonyl (C=O) groups is 2. The van der Waals surface area contributed by atoms with Gasteiger partial charge in [-0.1, -0.05) is 0 Å². The lowest BCUT2D eigenvalue weighted by Gasteiger charge is -2.19. The summed E-state index contributed by atoms with van der Waals surface area (Å²) in [5, 5.41) is 1.46. The summed E-state index contributed by atoms with van der Waals surface area (Å²) in [5.74, 6) is -0.491. The monoisotopic (exact) mass is 268 g/mol. The van der Waals surface area contributed by atoms with E-state index in [0.717, 1.165) is 0 Å². The molecular formula is C13H22N3O3+. The van der Waals surface area contributed by atoms with Crippen LogP contribution in [0.25, 0.3) is 0 Å². The van der Waals surface area contributed by atoms with Crippen LogP contribution < -0.4 is 9.58 Å². The molecule has 19 heavy (non-hydrogen) atoms. The van der Waals surface area contributed by atoms with Crippen LogP contribution in [-0.4, -0.2) is 29.2 Å². The Morgan fingerprint density at radius 3 is 2.42 bits per heavy atom. The summed E-state index contributed by atoms with van der Waals surface area (Å²) < 4.78 is 8.65. The first-order valence-corrected chi connectivity index (χ1v) is 6.21. The van der Waals surface area contributed by atoms with E-state index in [1.807, 2.05) is 17.8 Å². The Balaban J connectivity index is 2.45. The quantitative estimate of drug-likeness (QED) is 0.591. The predicted octanol–water partition coefficient (Wildman–Crippen LogP) is 0.529. The molecule has 0 aliphatic heterocycles. The van der Waals surface area contributed by atoms with Crippen molar-refractivity contribution in [2.24, 2.45) is 7.05 Å². The van der Waals surface area contributed by atoms with Crippen molar-refractivity contribution >= 4 is 11.9 Å². The minimum atomic E-state index is -0.514. The number of hydrogen-bond acceptors (Lipinski definition) is 3. The van der Waals surface area contributed by atoms with Crippen LogP contribution in [0.3, 0.4) is 0 Å². The minimum Gasteiger partial charge on any atom is -0.460 e. The Morgan fingerprint density at radius 1 is 1.32 bits per heavy atom. The second-order valence-electron chi connectivity index (χ2n) is 5.46. The van der Waals surface area contributed by atoms with Crippen molar-refractivity contribution in [3.05, 3.63) is 18.7 Å². The molecule has 6 nitrogen and oxygen atoms in total. The molecule has 1 aromatic rings. The standard InChI is InChI=1S/C13H22N3O3/c1-13(2,3)19-12(18)7-6-11(17)15(5)16-9-8-14(4)10-16/h8-10H,6-7H2,1-5H3/q+1. The van der Waals surface area contributed by atoms with E-state index in [9.17, 15) is 9.59 Å². The number of rotatable bonds is 4. The van der Waals surface area contributed by atoms with E-state index < -0.39 is 5.60 Å². The molecule has 0 aliphatic carbocycles. The SMILES string of the molecule is CN(C(=O)CCC(=O)OC(C)(C)C)n1cc[n+](C)c1. The maximum atomic E-state index is 11.9. The summed E-state index contributed by atoms with van der Waals surface area (Å²) in [6.07, 6.45) is 5.59. The normalized spacial score (nSPS) is 11.2. The highest BCUT2D eigenvalue weighted by Crippen LogP contribution is 2.09. The zero-order chi connectivity index (χ0) is 14.6. The third kappa shape index (κ3) is 5.11. The predicted molar refractivity (Wildman–Crippen MR) is 69.8 cm³/mol. The van der Waals surface area contributed by atoms with Crippen molar-refractivity contribution in [3.8, 4) is 0 Å². The number of aryl methyl sites for hydroxylation is 1. The summed E-state index contributed by atoms with van der Waals surface area (Å²) in [4.78, 5) is 23.4. The van der Waals surface area contributed by atoms with Gasteiger partial charge in [-0.25, -0.2) is 4.57 Å². The van der Waals surface area contributed by atoms with Crippen LogP contribution in [0.1, 0.15) is 33.6 Å². The molecule has 0 aromatic carbocycles. The summed E-state index contributed by atoms with van der Waals surface area (Å²) >= 11 is 0. The van der Waals surface area contributed by atoms with Gasteiger partial charge >= 0.3 is 5.97 Å². The highest BCUT2D eigenvalue weighted by Gasteiger charge is 2.20. The van der Waals surface area contributed by atoms with Crippen molar-refractivity contribution in [2.45, 2.75) is 39.2 Å². The summed E-state index contributed by atoms with van der Waals surface area (Å²) in [6.45, 7) is 5.41. The van der Waals surface area contributed by atoms with Gasteiger partial charge in [0.2, 0.25) is 0 Å². The molecule has 0 spiro atoms. The topological polar surface area (TPSA) is 55.4 Å². The van der Waals surface area contributed by atoms with Gasteiger partial charge in [0.1, 0.15) is 11.8 Å². The number of imidazole rings is 1. The first-order valence-electron chi connectivity index (χ1n) is 6.21. The highest BCUT2D eigenvalue weighted by molar-refractivity contribution is 5.88. The van der Waals surface area contributed by atoms with Gasteiger partial charge in [0, 0.05) is 6.42 Å². The molecule has 0 saturated carbocycles. The Bertz CT molecular complexity index is 460. The molecule has 6 heteroatoms. The number of esters is 1. The summed E-state index contributed by atoms with van der Waals surface area (Å²) in [6, 6.07) is 0. The minimum absolute atomic E-state index is 0.0911. The van der Waals surface area contributed by atoms with Crippen molar-refractivity contribution < 1.29 is 18.9 Å². The first-order chi connectivity index (χ1) is 8.69. The van der Waals surface area contributed by atoms with Crippen molar-refractivity contribution in [3.63, 3.8) is 0 Å². The van der Waals surface area contributed by atoms with E-state index in [0.29, 0.717) is 0 Å². The van der Waals surface area contributed by atoms with Crippen LogP contribution in [0.4, 0.5) is 0 Å². The molecule has 0 unspecified atom stereocenters. The van der Waals surface area contributed by atoms with E-state index in [-0.39, 0.29) is 24.7 Å². The van der Waals surface area contributed by atoms with Gasteiger partial charge in [-0.15, -0.1) is 4.68 Å². The number of amides is 1. The molecule has 0 radical (unpaired) electrons. The highest BCUT2D eigenvalue weighted by atomic mass is 16.6. The van der Waals surface area contributed by atoms with Gasteiger partial charge < -0.3 is 4.74 Å². The van der Waals surface area contributed by atoms with E-state index in [1.54, 1.807) is 45.0 Å². The average molecular weight is 268 g/mol. The van der Waals surface area contributed by atoms with Gasteiger partial charge in [-0.2, -0.15) is 5.01 Å². The molecule has 0 N–H and O–H groups in total. The molecule has 1 aromatic heterocycles. The Labute approximate surface area is 113 Å². The molecule has 0 aliphatic rings. The van der Waals surface area contributed by atoms with Crippen LogP contribution in [0.15, 0.2) is 18.7 Å². The molecule has 0 atom stereocenters. The van der Waals surface area contributed by atoms with Crippen LogP contribution in [0.2, 0.25) is 0 Å². The third-order valence-electron chi connectivity index (χ3n) is 2.43. The van der Waals surface area contributed by atoms with E-state index in [4.69, 9.17) is 4.74 Å². The lowest BCUT2D eigenvalue weighted by atomic mass is 10.2. The van der Waals surface area contributed by atoms with Crippen LogP contribution in [0, 0.1) is 0 Å². The lowest BCUT2D eigenvalue weighted by Crippen LogP contribution is -2.37. The van der Waals surface area contributed by atoms with Gasteiger partial charge in [-0.05, 0) is 20.8 Å². The van der Waals surface area contributed by atoms with Crippen molar-refractivity contribution in [1.29, 1.82) is 0 Å². The van der Waals surface area contributed by atoms with Crippen molar-refractivity contribution in [1.82, 2.24) is 4.68 Å². The van der Waals surface area contributed by atoms with Crippen LogP contribution in [-0.2, 0) is 21.4 Å². The van der Waals surface area contributed by atoms with Crippen LogP contribution >= 0.6 is 0 Å². The maximum Gasteiger partial charge on any atom is 0.306 e. The molecule has 1 rings (SSSR count). The summed E-state index contributed by atoms with van der Waals surface area (Å²) in [5.41, 5.74) is -0.514. The zero-order valence-corrected chi connectivity index (χ0v) is 12.2. The smallest absolute Gasteiger partial charge is 0.306 e. The van der Waals surface area contributed by atoms with Gasteiger partial charge in [0.25, 0.3) is 12.2 Å². The molecule has 1 heterocycles. The van der Waals surface area contributed by atoms with E-state index in [1.165, 1.54) is 5.01 Å². The second kappa shape index (κ2) is 5.86. The number of aromatic nitrogens is 2. The Morgan fingerprint density at radius 2 is 1.95 bits per heavy atom. The molecule has 0 fully saturated rings. The molecule has 0 bridgehead atoms. The molecule has 1 amide bonds. The molecular weight excluding hydrogens is 246 g/mol. The fourth-order valence-corrected chi connectivity index (χ4v) is 1.51. The van der Waals surface area contributed by atoms with E-state index >= 15 is 0 Å². The number of ether oxygens (including phenoxy) is 1. The molecule has 106 valence electrons.